The molecular formula is C22H22N6O2. The number of hydrogen-bond donors (Lipinski definition) is 1. The van der Waals surface area contributed by atoms with E-state index in [1.807, 2.05) is 36.4 Å². The monoisotopic (exact) mass is 402 g/mol. The lowest BCUT2D eigenvalue weighted by Gasteiger charge is -2.30. The van der Waals surface area contributed by atoms with Gasteiger partial charge in [-0.2, -0.15) is 5.10 Å². The average molecular weight is 402 g/mol. The van der Waals surface area contributed by atoms with E-state index in [2.05, 4.69) is 20.4 Å². The summed E-state index contributed by atoms with van der Waals surface area (Å²) in [7, 11) is 0. The molecule has 2 aromatic heterocycles. The molecule has 152 valence electrons. The van der Waals surface area contributed by atoms with Gasteiger partial charge in [0.1, 0.15) is 12.7 Å². The highest BCUT2D eigenvalue weighted by Crippen LogP contribution is 2.20. The third-order valence-corrected chi connectivity index (χ3v) is 5.06. The number of benzene rings is 1. The second kappa shape index (κ2) is 9.13. The van der Waals surface area contributed by atoms with Gasteiger partial charge in [0.05, 0.1) is 11.9 Å². The van der Waals surface area contributed by atoms with E-state index in [4.69, 9.17) is 0 Å². The molecule has 0 bridgehead atoms. The van der Waals surface area contributed by atoms with Crippen LogP contribution in [0.15, 0.2) is 67.4 Å². The van der Waals surface area contributed by atoms with E-state index in [0.717, 1.165) is 5.56 Å². The highest BCUT2D eigenvalue weighted by atomic mass is 16.2. The maximum atomic E-state index is 12.6. The fourth-order valence-electron chi connectivity index (χ4n) is 3.37. The van der Waals surface area contributed by atoms with Crippen molar-refractivity contribution < 1.29 is 9.59 Å². The van der Waals surface area contributed by atoms with Crippen LogP contribution in [-0.4, -0.2) is 49.6 Å². The van der Waals surface area contributed by atoms with Gasteiger partial charge in [-0.1, -0.05) is 30.3 Å². The molecule has 0 aliphatic carbocycles. The van der Waals surface area contributed by atoms with Gasteiger partial charge in [0.2, 0.25) is 11.8 Å². The van der Waals surface area contributed by atoms with Gasteiger partial charge in [0.15, 0.2) is 5.82 Å². The Morgan fingerprint density at radius 1 is 1.07 bits per heavy atom. The van der Waals surface area contributed by atoms with E-state index in [1.54, 1.807) is 40.3 Å². The number of nitrogens with one attached hydrogen (secondary N) is 1. The van der Waals surface area contributed by atoms with Crippen molar-refractivity contribution in [1.29, 1.82) is 0 Å². The van der Waals surface area contributed by atoms with Gasteiger partial charge in [0, 0.05) is 25.1 Å². The first-order valence-electron chi connectivity index (χ1n) is 9.83. The number of hydrogen-bond acceptors (Lipinski definition) is 5. The van der Waals surface area contributed by atoms with Crippen LogP contribution in [-0.2, 0) is 9.59 Å². The van der Waals surface area contributed by atoms with Crippen LogP contribution >= 0.6 is 0 Å². The van der Waals surface area contributed by atoms with Crippen LogP contribution < -0.4 is 5.32 Å². The molecule has 1 fully saturated rings. The lowest BCUT2D eigenvalue weighted by Crippen LogP contribution is -2.40. The molecule has 0 unspecified atom stereocenters. The first-order valence-corrected chi connectivity index (χ1v) is 9.83. The van der Waals surface area contributed by atoms with Crippen LogP contribution in [0.3, 0.4) is 0 Å². The van der Waals surface area contributed by atoms with E-state index in [-0.39, 0.29) is 17.7 Å². The Bertz CT molecular complexity index is 1010. The summed E-state index contributed by atoms with van der Waals surface area (Å²) in [4.78, 5) is 34.9. The van der Waals surface area contributed by atoms with Crippen LogP contribution in [0.1, 0.15) is 18.4 Å². The molecule has 1 aromatic carbocycles. The summed E-state index contributed by atoms with van der Waals surface area (Å²) in [6.45, 7) is 1.14. The van der Waals surface area contributed by atoms with Crippen LogP contribution in [0.2, 0.25) is 0 Å². The molecule has 2 amide bonds. The quantitative estimate of drug-likeness (QED) is 0.662. The minimum atomic E-state index is -0.123. The van der Waals surface area contributed by atoms with Crippen molar-refractivity contribution in [2.45, 2.75) is 12.8 Å². The smallest absolute Gasteiger partial charge is 0.246 e. The third kappa shape index (κ3) is 4.78. The zero-order valence-electron chi connectivity index (χ0n) is 16.4. The van der Waals surface area contributed by atoms with Gasteiger partial charge in [0.25, 0.3) is 0 Å². The van der Waals surface area contributed by atoms with Gasteiger partial charge in [-0.25, -0.2) is 14.6 Å². The summed E-state index contributed by atoms with van der Waals surface area (Å²) in [6, 6.07) is 13.3. The van der Waals surface area contributed by atoms with Crippen LogP contribution in [0.25, 0.3) is 11.9 Å². The number of carbonyl (C=O) groups excluding carboxylic acids is 2. The third-order valence-electron chi connectivity index (χ3n) is 5.06. The number of nitrogens with zero attached hydrogens (tertiary/aromatic N) is 5. The standard InChI is InChI=1S/C22H22N6O2/c29-21(9-6-17-4-2-1-3-5-17)27-12-10-18(11-13-27)22(30)26-19-7-8-20(24-14-19)28-16-23-15-25-28/h1-9,14-16,18H,10-13H2,(H,26,30). The molecule has 4 rings (SSSR count). The molecule has 3 aromatic rings. The zero-order chi connectivity index (χ0) is 20.8. The topological polar surface area (TPSA) is 93.0 Å². The number of aromatic nitrogens is 4. The first-order chi connectivity index (χ1) is 14.7. The molecule has 1 N–H and O–H groups in total. The number of piperidine rings is 1. The van der Waals surface area contributed by atoms with Crippen LogP contribution in [0.4, 0.5) is 5.69 Å². The summed E-state index contributed by atoms with van der Waals surface area (Å²) < 4.78 is 1.55. The molecule has 1 saturated heterocycles. The molecule has 0 saturated carbocycles. The van der Waals surface area contributed by atoms with Crippen molar-refractivity contribution in [2.24, 2.45) is 5.92 Å². The van der Waals surface area contributed by atoms with Gasteiger partial charge < -0.3 is 10.2 Å². The number of pyridine rings is 1. The minimum Gasteiger partial charge on any atom is -0.339 e. The minimum absolute atomic E-state index is 0.0226. The van der Waals surface area contributed by atoms with Crippen molar-refractivity contribution >= 4 is 23.6 Å². The Morgan fingerprint density at radius 3 is 2.53 bits per heavy atom. The Hall–Kier alpha value is -3.81. The van der Waals surface area contributed by atoms with E-state index in [0.29, 0.717) is 37.4 Å². The fraction of sp³-hybridized carbons (Fsp3) is 0.227. The van der Waals surface area contributed by atoms with E-state index < -0.39 is 0 Å². The number of rotatable bonds is 5. The summed E-state index contributed by atoms with van der Waals surface area (Å²) in [5.41, 5.74) is 1.62. The molecule has 0 atom stereocenters. The average Bonchev–Trinajstić information content (AvgIpc) is 3.34. The summed E-state index contributed by atoms with van der Waals surface area (Å²) >= 11 is 0. The van der Waals surface area contributed by atoms with E-state index >= 15 is 0 Å². The molecule has 8 heteroatoms. The van der Waals surface area contributed by atoms with Crippen molar-refractivity contribution in [3.63, 3.8) is 0 Å². The highest BCUT2D eigenvalue weighted by molar-refractivity contribution is 5.94. The molecule has 1 aliphatic heterocycles. The molecule has 8 nitrogen and oxygen atoms in total. The van der Waals surface area contributed by atoms with Crippen molar-refractivity contribution in [1.82, 2.24) is 24.6 Å². The lowest BCUT2D eigenvalue weighted by molar-refractivity contribution is -0.130. The molecule has 0 radical (unpaired) electrons. The fourth-order valence-corrected chi connectivity index (χ4v) is 3.37. The molecular weight excluding hydrogens is 380 g/mol. The molecule has 3 heterocycles. The predicted octanol–water partition coefficient (Wildman–Crippen LogP) is 2.55. The largest absolute Gasteiger partial charge is 0.339 e. The van der Waals surface area contributed by atoms with Gasteiger partial charge in [-0.15, -0.1) is 0 Å². The lowest BCUT2D eigenvalue weighted by atomic mass is 9.95. The van der Waals surface area contributed by atoms with E-state index in [9.17, 15) is 9.59 Å². The Kier molecular flexibility index (Phi) is 5.93. The van der Waals surface area contributed by atoms with Crippen LogP contribution in [0.5, 0.6) is 0 Å². The summed E-state index contributed by atoms with van der Waals surface area (Å²) in [6.07, 6.45) is 9.29. The van der Waals surface area contributed by atoms with Crippen molar-refractivity contribution in [3.05, 3.63) is 73.0 Å². The Balaban J connectivity index is 1.27. The predicted molar refractivity (Wildman–Crippen MR) is 113 cm³/mol. The second-order valence-electron chi connectivity index (χ2n) is 7.08. The second-order valence-corrected chi connectivity index (χ2v) is 7.08. The van der Waals surface area contributed by atoms with Crippen molar-refractivity contribution in [2.75, 3.05) is 18.4 Å². The Labute approximate surface area is 174 Å². The molecule has 0 spiro atoms. The van der Waals surface area contributed by atoms with Gasteiger partial charge in [-0.3, -0.25) is 9.59 Å². The number of likely N-dealkylation sites (tertiary alicyclic amines) is 1. The van der Waals surface area contributed by atoms with Gasteiger partial charge in [-0.05, 0) is 36.6 Å². The van der Waals surface area contributed by atoms with E-state index in [1.165, 1.54) is 6.33 Å². The molecule has 1 aliphatic rings. The first kappa shape index (κ1) is 19.5. The molecule has 30 heavy (non-hydrogen) atoms. The number of amides is 2. The van der Waals surface area contributed by atoms with Crippen molar-refractivity contribution in [3.8, 4) is 5.82 Å². The normalized spacial score (nSPS) is 14.7. The maximum absolute atomic E-state index is 12.6. The summed E-state index contributed by atoms with van der Waals surface area (Å²) in [5, 5.41) is 6.93. The van der Waals surface area contributed by atoms with Crippen LogP contribution in [0, 0.1) is 5.92 Å². The summed E-state index contributed by atoms with van der Waals surface area (Å²) in [5.74, 6) is 0.436. The SMILES string of the molecule is O=C(Nc1ccc(-n2cncn2)nc1)C1CCN(C(=O)C=Cc2ccccc2)CC1. The van der Waals surface area contributed by atoms with Gasteiger partial charge >= 0.3 is 0 Å². The zero-order valence-corrected chi connectivity index (χ0v) is 16.4. The highest BCUT2D eigenvalue weighted by Gasteiger charge is 2.26. The number of carbonyl (C=O) groups is 2. The Morgan fingerprint density at radius 2 is 1.87 bits per heavy atom. The number of anilines is 1. The maximum Gasteiger partial charge on any atom is 0.246 e.